The van der Waals surface area contributed by atoms with Gasteiger partial charge in [-0.3, -0.25) is 14.9 Å². The Morgan fingerprint density at radius 1 is 1.19 bits per heavy atom. The standard InChI is InChI=1S/C23H20N4O4S/c1-25(23(28)19-13-18(27(29)30)10-11-20(19)31-2)14-16-15-26(17-7-4-3-5-8-17)24-22(16)21-9-6-12-32-21/h3-13,15H,14H2,1-2H3. The number of benzene rings is 2. The Bertz CT molecular complexity index is 1250. The van der Waals surface area contributed by atoms with Crippen molar-refractivity contribution in [1.82, 2.24) is 14.7 Å². The van der Waals surface area contributed by atoms with Crippen LogP contribution in [0.3, 0.4) is 0 Å². The number of hydrogen-bond acceptors (Lipinski definition) is 6. The number of non-ortho nitro benzene ring substituents is 1. The summed E-state index contributed by atoms with van der Waals surface area (Å²) in [5.41, 5.74) is 2.52. The van der Waals surface area contributed by atoms with Gasteiger partial charge in [0.15, 0.2) is 0 Å². The van der Waals surface area contributed by atoms with E-state index in [0.29, 0.717) is 0 Å². The van der Waals surface area contributed by atoms with Gasteiger partial charge >= 0.3 is 0 Å². The van der Waals surface area contributed by atoms with Crippen molar-refractivity contribution in [2.45, 2.75) is 6.54 Å². The van der Waals surface area contributed by atoms with Crippen molar-refractivity contribution in [3.05, 3.63) is 93.5 Å². The molecule has 0 spiro atoms. The maximum Gasteiger partial charge on any atom is 0.270 e. The highest BCUT2D eigenvalue weighted by Gasteiger charge is 2.23. The van der Waals surface area contributed by atoms with Crippen LogP contribution in [0.2, 0.25) is 0 Å². The van der Waals surface area contributed by atoms with Crippen molar-refractivity contribution in [2.24, 2.45) is 0 Å². The molecule has 32 heavy (non-hydrogen) atoms. The van der Waals surface area contributed by atoms with Gasteiger partial charge in [-0.05, 0) is 29.6 Å². The third kappa shape index (κ3) is 4.23. The van der Waals surface area contributed by atoms with Crippen LogP contribution in [0.1, 0.15) is 15.9 Å². The van der Waals surface area contributed by atoms with E-state index in [1.807, 2.05) is 54.0 Å². The summed E-state index contributed by atoms with van der Waals surface area (Å²) in [7, 11) is 3.08. The topological polar surface area (TPSA) is 90.5 Å². The lowest BCUT2D eigenvalue weighted by Crippen LogP contribution is -2.26. The van der Waals surface area contributed by atoms with Gasteiger partial charge in [0.25, 0.3) is 11.6 Å². The third-order valence-corrected chi connectivity index (χ3v) is 5.82. The second-order valence-corrected chi connectivity index (χ2v) is 8.01. The summed E-state index contributed by atoms with van der Waals surface area (Å²) in [4.78, 5) is 26.3. The number of nitro groups is 1. The Hall–Kier alpha value is -3.98. The zero-order chi connectivity index (χ0) is 22.7. The molecule has 0 saturated carbocycles. The molecule has 0 saturated heterocycles. The molecular formula is C23H20N4O4S. The summed E-state index contributed by atoms with van der Waals surface area (Å²) in [5, 5.41) is 17.9. The molecule has 4 rings (SSSR count). The van der Waals surface area contributed by atoms with Crippen LogP contribution in [-0.4, -0.2) is 39.7 Å². The van der Waals surface area contributed by atoms with E-state index < -0.39 is 4.92 Å². The van der Waals surface area contributed by atoms with E-state index in [2.05, 4.69) is 0 Å². The van der Waals surface area contributed by atoms with E-state index in [1.165, 1.54) is 30.2 Å². The zero-order valence-electron chi connectivity index (χ0n) is 17.5. The van der Waals surface area contributed by atoms with Crippen LogP contribution in [0.4, 0.5) is 5.69 Å². The highest BCUT2D eigenvalue weighted by atomic mass is 32.1. The zero-order valence-corrected chi connectivity index (χ0v) is 18.3. The fourth-order valence-electron chi connectivity index (χ4n) is 3.37. The van der Waals surface area contributed by atoms with Crippen LogP contribution in [0.25, 0.3) is 16.3 Å². The first kappa shape index (κ1) is 21.3. The average molecular weight is 449 g/mol. The van der Waals surface area contributed by atoms with Gasteiger partial charge in [-0.15, -0.1) is 11.3 Å². The second kappa shape index (κ2) is 9.03. The molecule has 0 radical (unpaired) electrons. The molecule has 0 aliphatic carbocycles. The van der Waals surface area contributed by atoms with Crippen molar-refractivity contribution in [1.29, 1.82) is 0 Å². The quantitative estimate of drug-likeness (QED) is 0.299. The smallest absolute Gasteiger partial charge is 0.270 e. The number of rotatable bonds is 7. The molecule has 2 aromatic carbocycles. The van der Waals surface area contributed by atoms with Crippen LogP contribution in [0, 0.1) is 10.1 Å². The van der Waals surface area contributed by atoms with Gasteiger partial charge in [0, 0.05) is 37.5 Å². The molecular weight excluding hydrogens is 428 g/mol. The van der Waals surface area contributed by atoms with Crippen LogP contribution in [0.5, 0.6) is 5.75 Å². The second-order valence-electron chi connectivity index (χ2n) is 7.06. The van der Waals surface area contributed by atoms with Crippen molar-refractivity contribution >= 4 is 22.9 Å². The van der Waals surface area contributed by atoms with Gasteiger partial charge in [-0.2, -0.15) is 5.10 Å². The van der Waals surface area contributed by atoms with E-state index in [0.717, 1.165) is 21.8 Å². The highest BCUT2D eigenvalue weighted by Crippen LogP contribution is 2.30. The predicted octanol–water partition coefficient (Wildman–Crippen LogP) is 4.79. The van der Waals surface area contributed by atoms with Crippen LogP contribution in [0.15, 0.2) is 72.2 Å². The Balaban J connectivity index is 1.68. The van der Waals surface area contributed by atoms with E-state index in [-0.39, 0.29) is 29.5 Å². The van der Waals surface area contributed by atoms with Crippen molar-refractivity contribution < 1.29 is 14.5 Å². The molecule has 2 heterocycles. The Kier molecular flexibility index (Phi) is 6.00. The van der Waals surface area contributed by atoms with Gasteiger partial charge in [-0.25, -0.2) is 4.68 Å². The highest BCUT2D eigenvalue weighted by molar-refractivity contribution is 7.13. The number of nitrogens with zero attached hydrogens (tertiary/aromatic N) is 4. The number of thiophene rings is 1. The lowest BCUT2D eigenvalue weighted by atomic mass is 10.1. The number of aromatic nitrogens is 2. The Morgan fingerprint density at radius 3 is 2.62 bits per heavy atom. The summed E-state index contributed by atoms with van der Waals surface area (Å²) in [6, 6.07) is 17.6. The molecule has 0 atom stereocenters. The molecule has 0 bridgehead atoms. The predicted molar refractivity (Wildman–Crippen MR) is 122 cm³/mol. The molecule has 162 valence electrons. The molecule has 0 aliphatic rings. The maximum atomic E-state index is 13.2. The first-order valence-corrected chi connectivity index (χ1v) is 10.6. The lowest BCUT2D eigenvalue weighted by molar-refractivity contribution is -0.384. The monoisotopic (exact) mass is 448 g/mol. The Labute approximate surface area is 188 Å². The number of ether oxygens (including phenoxy) is 1. The van der Waals surface area contributed by atoms with Crippen LogP contribution >= 0.6 is 11.3 Å². The molecule has 0 unspecified atom stereocenters. The summed E-state index contributed by atoms with van der Waals surface area (Å²) in [5.74, 6) is -0.0962. The van der Waals surface area contributed by atoms with Gasteiger partial charge in [0.05, 0.1) is 28.2 Å². The van der Waals surface area contributed by atoms with Crippen molar-refractivity contribution in [2.75, 3.05) is 14.2 Å². The minimum Gasteiger partial charge on any atom is -0.496 e. The molecule has 2 aromatic heterocycles. The number of carbonyl (C=O) groups is 1. The molecule has 0 N–H and O–H groups in total. The number of hydrogen-bond donors (Lipinski definition) is 0. The first-order valence-electron chi connectivity index (χ1n) is 9.73. The molecule has 1 amide bonds. The van der Waals surface area contributed by atoms with Crippen LogP contribution in [-0.2, 0) is 6.54 Å². The summed E-state index contributed by atoms with van der Waals surface area (Å²) in [6.45, 7) is 0.269. The number of carbonyl (C=O) groups excluding carboxylic acids is 1. The SMILES string of the molecule is COc1ccc([N+](=O)[O-])cc1C(=O)N(C)Cc1cn(-c2ccccc2)nc1-c1cccs1. The Morgan fingerprint density at radius 2 is 1.97 bits per heavy atom. The number of methoxy groups -OCH3 is 1. The molecule has 0 fully saturated rings. The van der Waals surface area contributed by atoms with E-state index in [4.69, 9.17) is 9.84 Å². The van der Waals surface area contributed by atoms with Gasteiger partial charge in [0.1, 0.15) is 11.4 Å². The summed E-state index contributed by atoms with van der Waals surface area (Å²) >= 11 is 1.57. The minimum atomic E-state index is -0.533. The van der Waals surface area contributed by atoms with E-state index >= 15 is 0 Å². The summed E-state index contributed by atoms with van der Waals surface area (Å²) in [6.07, 6.45) is 1.90. The number of para-hydroxylation sites is 1. The first-order chi connectivity index (χ1) is 15.5. The minimum absolute atomic E-state index is 0.136. The summed E-state index contributed by atoms with van der Waals surface area (Å²) < 4.78 is 7.05. The molecule has 8 nitrogen and oxygen atoms in total. The lowest BCUT2D eigenvalue weighted by Gasteiger charge is -2.18. The van der Waals surface area contributed by atoms with E-state index in [1.54, 1.807) is 23.1 Å². The number of amides is 1. The van der Waals surface area contributed by atoms with Crippen LogP contribution < -0.4 is 4.74 Å². The van der Waals surface area contributed by atoms with Crippen molar-refractivity contribution in [3.63, 3.8) is 0 Å². The molecule has 9 heteroatoms. The van der Waals surface area contributed by atoms with Gasteiger partial charge in [0.2, 0.25) is 0 Å². The fraction of sp³-hybridized carbons (Fsp3) is 0.130. The molecule has 4 aromatic rings. The van der Waals surface area contributed by atoms with Gasteiger partial charge < -0.3 is 9.64 Å². The maximum absolute atomic E-state index is 13.2. The van der Waals surface area contributed by atoms with E-state index in [9.17, 15) is 14.9 Å². The molecule has 0 aliphatic heterocycles. The normalized spacial score (nSPS) is 10.7. The largest absolute Gasteiger partial charge is 0.496 e. The van der Waals surface area contributed by atoms with Crippen molar-refractivity contribution in [3.8, 4) is 22.0 Å². The third-order valence-electron chi connectivity index (χ3n) is 4.94. The number of nitro benzene ring substituents is 1. The fourth-order valence-corrected chi connectivity index (χ4v) is 4.11. The van der Waals surface area contributed by atoms with Gasteiger partial charge in [-0.1, -0.05) is 24.3 Å². The average Bonchev–Trinajstić information content (AvgIpc) is 3.48.